The average molecular weight is 453 g/mol. The number of anilines is 1. The highest BCUT2D eigenvalue weighted by atomic mass is 16.7. The van der Waals surface area contributed by atoms with Gasteiger partial charge in [0.05, 0.1) is 31.1 Å². The largest absolute Gasteiger partial charge is 0.460 e. The summed E-state index contributed by atoms with van der Waals surface area (Å²) in [6, 6.07) is 13.6. The summed E-state index contributed by atoms with van der Waals surface area (Å²) in [5, 5.41) is 17.8. The van der Waals surface area contributed by atoms with Crippen LogP contribution in [0.5, 0.6) is 17.5 Å². The van der Waals surface area contributed by atoms with Crippen molar-refractivity contribution in [1.29, 1.82) is 0 Å². The van der Waals surface area contributed by atoms with E-state index >= 15 is 0 Å². The Morgan fingerprint density at radius 2 is 1.97 bits per heavy atom. The Bertz CT molecular complexity index is 1080. The molecule has 0 saturated carbocycles. The van der Waals surface area contributed by atoms with Gasteiger partial charge in [0, 0.05) is 17.8 Å². The van der Waals surface area contributed by atoms with Crippen molar-refractivity contribution in [3.63, 3.8) is 0 Å². The third-order valence-corrected chi connectivity index (χ3v) is 4.76. The summed E-state index contributed by atoms with van der Waals surface area (Å²) in [5.74, 6) is 2.00. The molecule has 0 bridgehead atoms. The van der Waals surface area contributed by atoms with Crippen LogP contribution in [0.2, 0.25) is 0 Å². The fraction of sp³-hybridized carbons (Fsp3) is 0.333. The molecule has 0 spiro atoms. The van der Waals surface area contributed by atoms with Crippen LogP contribution in [-0.2, 0) is 4.74 Å². The van der Waals surface area contributed by atoms with Crippen LogP contribution in [0.4, 0.5) is 5.69 Å². The molecule has 1 atom stereocenters. The Morgan fingerprint density at radius 1 is 1.18 bits per heavy atom. The molecule has 0 aliphatic carbocycles. The molecule has 0 radical (unpaired) electrons. The Morgan fingerprint density at radius 3 is 2.73 bits per heavy atom. The van der Waals surface area contributed by atoms with Gasteiger partial charge in [-0.1, -0.05) is 6.08 Å². The molecule has 1 aliphatic heterocycles. The molecule has 1 aromatic heterocycles. The molecule has 174 valence electrons. The second kappa shape index (κ2) is 10.4. The van der Waals surface area contributed by atoms with E-state index < -0.39 is 6.10 Å². The lowest BCUT2D eigenvalue weighted by Gasteiger charge is -2.13. The summed E-state index contributed by atoms with van der Waals surface area (Å²) in [7, 11) is 0. The van der Waals surface area contributed by atoms with Crippen molar-refractivity contribution >= 4 is 5.69 Å². The molecule has 4 rings (SSSR count). The quantitative estimate of drug-likeness (QED) is 0.337. The molecule has 2 aromatic carbocycles. The maximum atomic E-state index is 10.00. The summed E-state index contributed by atoms with van der Waals surface area (Å²) in [6.07, 6.45) is 0.977. The van der Waals surface area contributed by atoms with E-state index in [0.717, 1.165) is 16.9 Å². The zero-order chi connectivity index (χ0) is 23.2. The standard InChI is InChI=1S/C24H28N4O5/c1-4-11-30-14-20(29)13-25-18-6-8-19(9-7-18)28-23(26-24(27-28)33-16(2)3)17-5-10-21-22(12-17)32-15-31-21/h4-10,12,16,20,25,29H,1,11,13-15H2,2-3H3. The molecule has 9 nitrogen and oxygen atoms in total. The first kappa shape index (κ1) is 22.6. The minimum atomic E-state index is -0.617. The van der Waals surface area contributed by atoms with Gasteiger partial charge in [0.25, 0.3) is 0 Å². The van der Waals surface area contributed by atoms with E-state index in [1.54, 1.807) is 10.8 Å². The number of aliphatic hydroxyl groups excluding tert-OH is 1. The predicted octanol–water partition coefficient (Wildman–Crippen LogP) is 3.43. The van der Waals surface area contributed by atoms with Gasteiger partial charge in [-0.25, -0.2) is 4.68 Å². The zero-order valence-corrected chi connectivity index (χ0v) is 18.7. The highest BCUT2D eigenvalue weighted by Crippen LogP contribution is 2.36. The SMILES string of the molecule is C=CCOCC(O)CNc1ccc(-n2nc(OC(C)C)nc2-c2ccc3c(c2)OCO3)cc1. The van der Waals surface area contributed by atoms with Gasteiger partial charge in [0.15, 0.2) is 17.3 Å². The van der Waals surface area contributed by atoms with Crippen LogP contribution in [0.1, 0.15) is 13.8 Å². The lowest BCUT2D eigenvalue weighted by molar-refractivity contribution is 0.0566. The van der Waals surface area contributed by atoms with Crippen LogP contribution in [0.15, 0.2) is 55.1 Å². The number of aromatic nitrogens is 3. The van der Waals surface area contributed by atoms with Crippen molar-refractivity contribution in [1.82, 2.24) is 14.8 Å². The molecule has 0 saturated heterocycles. The second-order valence-electron chi connectivity index (χ2n) is 7.77. The Hall–Kier alpha value is -3.56. The number of hydrogen-bond acceptors (Lipinski definition) is 8. The number of nitrogens with one attached hydrogen (secondary N) is 1. The van der Waals surface area contributed by atoms with Gasteiger partial charge < -0.3 is 29.4 Å². The second-order valence-corrected chi connectivity index (χ2v) is 7.77. The maximum absolute atomic E-state index is 10.00. The van der Waals surface area contributed by atoms with Crippen LogP contribution in [-0.4, -0.2) is 58.6 Å². The lowest BCUT2D eigenvalue weighted by atomic mass is 10.2. The third kappa shape index (κ3) is 5.63. The molecule has 33 heavy (non-hydrogen) atoms. The van der Waals surface area contributed by atoms with Crippen LogP contribution >= 0.6 is 0 Å². The van der Waals surface area contributed by atoms with E-state index in [4.69, 9.17) is 18.9 Å². The minimum absolute atomic E-state index is 0.0566. The van der Waals surface area contributed by atoms with Crippen molar-refractivity contribution < 1.29 is 24.1 Å². The van der Waals surface area contributed by atoms with E-state index in [-0.39, 0.29) is 19.5 Å². The molecule has 2 N–H and O–H groups in total. The normalized spacial score (nSPS) is 13.2. The molecule has 3 aromatic rings. The van der Waals surface area contributed by atoms with E-state index in [2.05, 4.69) is 22.0 Å². The number of nitrogens with zero attached hydrogens (tertiary/aromatic N) is 3. The summed E-state index contributed by atoms with van der Waals surface area (Å²) in [5.41, 5.74) is 2.51. The van der Waals surface area contributed by atoms with E-state index in [1.165, 1.54) is 0 Å². The number of fused-ring (bicyclic) bond motifs is 1. The van der Waals surface area contributed by atoms with Crippen LogP contribution in [0.3, 0.4) is 0 Å². The van der Waals surface area contributed by atoms with E-state index in [1.807, 2.05) is 56.3 Å². The Labute approximate surface area is 192 Å². The number of ether oxygens (including phenoxy) is 4. The van der Waals surface area contributed by atoms with Crippen molar-refractivity contribution in [3.8, 4) is 34.6 Å². The predicted molar refractivity (Wildman–Crippen MR) is 124 cm³/mol. The first-order valence-electron chi connectivity index (χ1n) is 10.8. The topological polar surface area (TPSA) is 99.9 Å². The molecule has 1 aliphatic rings. The fourth-order valence-electron chi connectivity index (χ4n) is 3.26. The number of rotatable bonds is 11. The van der Waals surface area contributed by atoms with Gasteiger partial charge in [0.1, 0.15) is 0 Å². The van der Waals surface area contributed by atoms with Crippen molar-refractivity contribution in [2.45, 2.75) is 26.1 Å². The highest BCUT2D eigenvalue weighted by molar-refractivity contribution is 5.64. The monoisotopic (exact) mass is 452 g/mol. The minimum Gasteiger partial charge on any atom is -0.460 e. The molecule has 9 heteroatoms. The first-order chi connectivity index (χ1) is 16.0. The van der Waals surface area contributed by atoms with Gasteiger partial charge in [0.2, 0.25) is 6.79 Å². The zero-order valence-electron chi connectivity index (χ0n) is 18.7. The van der Waals surface area contributed by atoms with Gasteiger partial charge in [-0.05, 0) is 56.3 Å². The molecular formula is C24H28N4O5. The van der Waals surface area contributed by atoms with Crippen molar-refractivity contribution in [3.05, 3.63) is 55.1 Å². The molecule has 0 fully saturated rings. The van der Waals surface area contributed by atoms with E-state index in [0.29, 0.717) is 36.5 Å². The molecular weight excluding hydrogens is 424 g/mol. The third-order valence-electron chi connectivity index (χ3n) is 4.76. The van der Waals surface area contributed by atoms with Crippen LogP contribution in [0.25, 0.3) is 17.1 Å². The van der Waals surface area contributed by atoms with Gasteiger partial charge in [-0.2, -0.15) is 4.98 Å². The smallest absolute Gasteiger partial charge is 0.336 e. The number of aliphatic hydroxyl groups is 1. The number of hydrogen-bond donors (Lipinski definition) is 2. The van der Waals surface area contributed by atoms with Crippen molar-refractivity contribution in [2.24, 2.45) is 0 Å². The Balaban J connectivity index is 1.54. The van der Waals surface area contributed by atoms with Gasteiger partial charge in [-0.15, -0.1) is 11.7 Å². The average Bonchev–Trinajstić information content (AvgIpc) is 3.44. The molecule has 2 heterocycles. The summed E-state index contributed by atoms with van der Waals surface area (Å²) < 4.78 is 23.7. The maximum Gasteiger partial charge on any atom is 0.336 e. The Kier molecular flexibility index (Phi) is 7.11. The number of benzene rings is 2. The first-order valence-corrected chi connectivity index (χ1v) is 10.8. The summed E-state index contributed by atoms with van der Waals surface area (Å²) >= 11 is 0. The van der Waals surface area contributed by atoms with Gasteiger partial charge in [-0.3, -0.25) is 0 Å². The fourth-order valence-corrected chi connectivity index (χ4v) is 3.26. The molecule has 0 amide bonds. The molecule has 1 unspecified atom stereocenters. The van der Waals surface area contributed by atoms with Crippen molar-refractivity contribution in [2.75, 3.05) is 31.9 Å². The van der Waals surface area contributed by atoms with Crippen LogP contribution < -0.4 is 19.5 Å². The summed E-state index contributed by atoms with van der Waals surface area (Å²) in [4.78, 5) is 4.60. The summed E-state index contributed by atoms with van der Waals surface area (Å²) in [6.45, 7) is 8.68. The van der Waals surface area contributed by atoms with Crippen LogP contribution in [0, 0.1) is 0 Å². The highest BCUT2D eigenvalue weighted by Gasteiger charge is 2.20. The van der Waals surface area contributed by atoms with Gasteiger partial charge >= 0.3 is 6.01 Å². The lowest BCUT2D eigenvalue weighted by Crippen LogP contribution is -2.24. The van der Waals surface area contributed by atoms with E-state index in [9.17, 15) is 5.11 Å².